The Morgan fingerprint density at radius 3 is 2.56 bits per heavy atom. The molecule has 1 rings (SSSR count). The minimum atomic E-state index is -0.244. The number of rotatable bonds is 4. The second kappa shape index (κ2) is 5.54. The van der Waals surface area contributed by atoms with E-state index in [1.165, 1.54) is 7.11 Å². The average Bonchev–Trinajstić information content (AvgIpc) is 2.23. The second-order valence-corrected chi connectivity index (χ2v) is 3.76. The normalized spacial score (nSPS) is 10.0. The molecule has 0 aromatic heterocycles. The molecular formula is C13H18O3. The van der Waals surface area contributed by atoms with E-state index in [9.17, 15) is 4.79 Å². The van der Waals surface area contributed by atoms with Crippen molar-refractivity contribution in [2.45, 2.75) is 27.2 Å². The first-order valence-corrected chi connectivity index (χ1v) is 5.38. The van der Waals surface area contributed by atoms with E-state index in [0.29, 0.717) is 6.61 Å². The van der Waals surface area contributed by atoms with E-state index in [1.54, 1.807) is 0 Å². The highest BCUT2D eigenvalue weighted by atomic mass is 16.5. The molecule has 0 saturated heterocycles. The summed E-state index contributed by atoms with van der Waals surface area (Å²) >= 11 is 0. The van der Waals surface area contributed by atoms with Gasteiger partial charge < -0.3 is 9.47 Å². The summed E-state index contributed by atoms with van der Waals surface area (Å²) in [6.07, 6.45) is 0.258. The summed E-state index contributed by atoms with van der Waals surface area (Å²) in [7, 11) is 1.39. The van der Waals surface area contributed by atoms with E-state index >= 15 is 0 Å². The summed E-state index contributed by atoms with van der Waals surface area (Å²) in [5.74, 6) is 0.560. The van der Waals surface area contributed by atoms with Gasteiger partial charge in [-0.1, -0.05) is 17.7 Å². The molecule has 16 heavy (non-hydrogen) atoms. The van der Waals surface area contributed by atoms with Crippen molar-refractivity contribution >= 4 is 5.97 Å². The highest BCUT2D eigenvalue weighted by Crippen LogP contribution is 2.26. The van der Waals surface area contributed by atoms with Crippen molar-refractivity contribution in [1.82, 2.24) is 0 Å². The Morgan fingerprint density at radius 2 is 2.00 bits per heavy atom. The molecular weight excluding hydrogens is 204 g/mol. The fourth-order valence-electron chi connectivity index (χ4n) is 1.75. The predicted molar refractivity (Wildman–Crippen MR) is 62.8 cm³/mol. The second-order valence-electron chi connectivity index (χ2n) is 3.76. The van der Waals surface area contributed by atoms with E-state index < -0.39 is 0 Å². The Hall–Kier alpha value is -1.51. The first kappa shape index (κ1) is 12.6. The van der Waals surface area contributed by atoms with Gasteiger partial charge in [0.25, 0.3) is 0 Å². The maximum absolute atomic E-state index is 11.3. The number of carbonyl (C=O) groups excluding carboxylic acids is 1. The SMILES string of the molecule is CCOc1c(C)cc(C)cc1CC(=O)OC. The van der Waals surface area contributed by atoms with Crippen LogP contribution in [0.15, 0.2) is 12.1 Å². The first-order valence-electron chi connectivity index (χ1n) is 5.38. The highest BCUT2D eigenvalue weighted by molar-refractivity contribution is 5.73. The number of ether oxygens (including phenoxy) is 2. The molecule has 0 bridgehead atoms. The summed E-state index contributed by atoms with van der Waals surface area (Å²) in [5, 5.41) is 0. The van der Waals surface area contributed by atoms with E-state index in [2.05, 4.69) is 4.74 Å². The molecule has 1 aromatic carbocycles. The number of hydrogen-bond donors (Lipinski definition) is 0. The molecule has 0 heterocycles. The largest absolute Gasteiger partial charge is 0.493 e. The van der Waals surface area contributed by atoms with E-state index in [4.69, 9.17) is 4.74 Å². The zero-order valence-corrected chi connectivity index (χ0v) is 10.3. The Bertz CT molecular complexity index is 383. The minimum absolute atomic E-state index is 0.244. The van der Waals surface area contributed by atoms with Crippen molar-refractivity contribution in [3.8, 4) is 5.75 Å². The fraction of sp³-hybridized carbons (Fsp3) is 0.462. The fourth-order valence-corrected chi connectivity index (χ4v) is 1.75. The van der Waals surface area contributed by atoms with E-state index in [-0.39, 0.29) is 12.4 Å². The van der Waals surface area contributed by atoms with Crippen LogP contribution in [-0.2, 0) is 16.0 Å². The average molecular weight is 222 g/mol. The van der Waals surface area contributed by atoms with Crippen LogP contribution in [-0.4, -0.2) is 19.7 Å². The predicted octanol–water partition coefficient (Wildman–Crippen LogP) is 2.42. The molecule has 3 heteroatoms. The van der Waals surface area contributed by atoms with Crippen LogP contribution in [0.25, 0.3) is 0 Å². The lowest BCUT2D eigenvalue weighted by Crippen LogP contribution is -2.08. The maximum Gasteiger partial charge on any atom is 0.310 e. The van der Waals surface area contributed by atoms with Gasteiger partial charge in [-0.25, -0.2) is 0 Å². The molecule has 0 aliphatic rings. The van der Waals surface area contributed by atoms with Crippen LogP contribution >= 0.6 is 0 Å². The van der Waals surface area contributed by atoms with Gasteiger partial charge in [0.15, 0.2) is 0 Å². The summed E-state index contributed by atoms with van der Waals surface area (Å²) < 4.78 is 10.2. The highest BCUT2D eigenvalue weighted by Gasteiger charge is 2.12. The quantitative estimate of drug-likeness (QED) is 0.734. The molecule has 0 saturated carbocycles. The summed E-state index contributed by atoms with van der Waals surface area (Å²) in [5.41, 5.74) is 3.08. The van der Waals surface area contributed by atoms with Crippen LogP contribution in [0.2, 0.25) is 0 Å². The lowest BCUT2D eigenvalue weighted by molar-refractivity contribution is -0.139. The van der Waals surface area contributed by atoms with Crippen molar-refractivity contribution in [3.05, 3.63) is 28.8 Å². The van der Waals surface area contributed by atoms with Gasteiger partial charge in [-0.3, -0.25) is 4.79 Å². The number of benzene rings is 1. The maximum atomic E-state index is 11.3. The molecule has 0 aliphatic carbocycles. The Labute approximate surface area is 96.4 Å². The van der Waals surface area contributed by atoms with Crippen LogP contribution < -0.4 is 4.74 Å². The standard InChI is InChI=1S/C13H18O3/c1-5-16-13-10(3)6-9(2)7-11(13)8-12(14)15-4/h6-7H,5,8H2,1-4H3. The molecule has 0 fully saturated rings. The molecule has 0 radical (unpaired) electrons. The number of hydrogen-bond acceptors (Lipinski definition) is 3. The Morgan fingerprint density at radius 1 is 1.31 bits per heavy atom. The van der Waals surface area contributed by atoms with E-state index in [1.807, 2.05) is 32.9 Å². The van der Waals surface area contributed by atoms with Crippen molar-refractivity contribution in [3.63, 3.8) is 0 Å². The molecule has 1 aromatic rings. The van der Waals surface area contributed by atoms with Gasteiger partial charge in [-0.15, -0.1) is 0 Å². The van der Waals surface area contributed by atoms with Crippen molar-refractivity contribution < 1.29 is 14.3 Å². The van der Waals surface area contributed by atoms with Crippen molar-refractivity contribution in [1.29, 1.82) is 0 Å². The lowest BCUT2D eigenvalue weighted by Gasteiger charge is -2.13. The van der Waals surface area contributed by atoms with Gasteiger partial charge in [0.1, 0.15) is 5.75 Å². The monoisotopic (exact) mass is 222 g/mol. The Balaban J connectivity index is 3.08. The molecule has 0 atom stereocenters. The summed E-state index contributed by atoms with van der Waals surface area (Å²) in [4.78, 5) is 11.3. The van der Waals surface area contributed by atoms with Crippen LogP contribution in [0.5, 0.6) is 5.75 Å². The molecule has 0 unspecified atom stereocenters. The Kier molecular flexibility index (Phi) is 4.35. The third-order valence-electron chi connectivity index (χ3n) is 2.35. The van der Waals surface area contributed by atoms with Gasteiger partial charge in [-0.05, 0) is 26.3 Å². The third kappa shape index (κ3) is 2.99. The first-order chi connectivity index (χ1) is 7.58. The molecule has 0 amide bonds. The van der Waals surface area contributed by atoms with E-state index in [0.717, 1.165) is 22.4 Å². The van der Waals surface area contributed by atoms with Crippen molar-refractivity contribution in [2.24, 2.45) is 0 Å². The van der Waals surface area contributed by atoms with Gasteiger partial charge in [0.2, 0.25) is 0 Å². The van der Waals surface area contributed by atoms with Gasteiger partial charge in [-0.2, -0.15) is 0 Å². The number of aryl methyl sites for hydroxylation is 2. The van der Waals surface area contributed by atoms with Crippen LogP contribution in [0.3, 0.4) is 0 Å². The summed E-state index contributed by atoms with van der Waals surface area (Å²) in [6, 6.07) is 4.01. The molecule has 0 spiro atoms. The molecule has 0 aliphatic heterocycles. The van der Waals surface area contributed by atoms with Crippen LogP contribution in [0.4, 0.5) is 0 Å². The van der Waals surface area contributed by atoms with Crippen LogP contribution in [0, 0.1) is 13.8 Å². The van der Waals surface area contributed by atoms with Gasteiger partial charge >= 0.3 is 5.97 Å². The number of esters is 1. The zero-order valence-electron chi connectivity index (χ0n) is 10.3. The number of carbonyl (C=O) groups is 1. The molecule has 3 nitrogen and oxygen atoms in total. The number of methoxy groups -OCH3 is 1. The summed E-state index contributed by atoms with van der Waals surface area (Å²) in [6.45, 7) is 6.52. The van der Waals surface area contributed by atoms with Crippen molar-refractivity contribution in [2.75, 3.05) is 13.7 Å². The van der Waals surface area contributed by atoms with Gasteiger partial charge in [0, 0.05) is 5.56 Å². The smallest absolute Gasteiger partial charge is 0.310 e. The third-order valence-corrected chi connectivity index (χ3v) is 2.35. The topological polar surface area (TPSA) is 35.5 Å². The lowest BCUT2D eigenvalue weighted by atomic mass is 10.0. The molecule has 0 N–H and O–H groups in total. The van der Waals surface area contributed by atoms with Gasteiger partial charge in [0.05, 0.1) is 20.1 Å². The molecule has 88 valence electrons. The zero-order chi connectivity index (χ0) is 12.1. The van der Waals surface area contributed by atoms with Crippen LogP contribution in [0.1, 0.15) is 23.6 Å². The minimum Gasteiger partial charge on any atom is -0.493 e.